The van der Waals surface area contributed by atoms with Gasteiger partial charge in [0.25, 0.3) is 0 Å². The predicted octanol–water partition coefficient (Wildman–Crippen LogP) is 1.13. The third-order valence-electron chi connectivity index (χ3n) is 22.6. The number of amides is 2. The first-order chi connectivity index (χ1) is 57.3. The van der Waals surface area contributed by atoms with E-state index in [1.165, 1.54) is 50.7 Å². The van der Waals surface area contributed by atoms with E-state index >= 15 is 0 Å². The number of carbonyl (C=O) groups excluding carboxylic acids is 3. The van der Waals surface area contributed by atoms with Crippen LogP contribution in [0.1, 0.15) is 230 Å². The number of aliphatic hydroxyl groups excluding tert-OH is 16. The number of halogens is 3. The van der Waals surface area contributed by atoms with E-state index < -0.39 is 233 Å². The fraction of sp³-hybridized carbons (Fsp3) is 0.864. The molecule has 5 saturated heterocycles. The predicted molar refractivity (Wildman–Crippen MR) is 413 cm³/mol. The molecule has 36 nitrogen and oxygen atoms in total. The molecule has 5 heterocycles. The van der Waals surface area contributed by atoms with Crippen LogP contribution in [-0.2, 0) is 82.3 Å². The molecular formula is C81H135F3N2O34. The van der Waals surface area contributed by atoms with E-state index in [0.29, 0.717) is 56.9 Å². The number of aliphatic carboxylic acids is 2. The molecule has 0 radical (unpaired) electrons. The van der Waals surface area contributed by atoms with Gasteiger partial charge in [-0.25, -0.2) is 9.59 Å². The molecule has 120 heavy (non-hydrogen) atoms. The molecule has 39 heteroatoms. The van der Waals surface area contributed by atoms with E-state index in [0.717, 1.165) is 95.6 Å². The standard InChI is InChI=1S/C81H135F3N2O34/c1-3-5-7-9-11-12-13-14-15-17-21-25-32-50(90)55(92)49(86-73(105)48(31-24-20-16-10-8-6-4-2)45-34-36-46(37-35-45)81(82,83)84)43-112-77-62(99)57(94)56(93)53(115-77)44-110-39-28-22-18-19-23-29-47(89)30-26-27-33-54(91)85-38-40-111-76-64(101)60(97)68(51(41-87)113-76)117-80-67(104)70(66(103)72(120-80)75(108)109)118-78-65(102)61(98)69(52(42-88)114-78)116-79-63(100)58(95)59(96)71(119-79)74(106)107/h34-37,48-53,55-72,76-80,87-88,90,92-104H,3-33,38-44H2,1-2H3,(H,85,91)(H,86,105)(H,106,107)(H,108,109)/t48?,49-,50+,51?,52?,53?,55-,56?,57?,58?,59?,60?,61?,62?,63?,64?,65?,66?,67?,68?,69?,70?,71?,72?,76?,77?,78?,79?,80?/m0/s1. The molecule has 5 aliphatic heterocycles. The highest BCUT2D eigenvalue weighted by molar-refractivity contribution is 5.84. The molecule has 26 unspecified atom stereocenters. The van der Waals surface area contributed by atoms with Gasteiger partial charge in [-0.05, 0) is 56.2 Å². The van der Waals surface area contributed by atoms with Gasteiger partial charge in [0.15, 0.2) is 43.7 Å². The average Bonchev–Trinajstić information content (AvgIpc) is 0.766. The van der Waals surface area contributed by atoms with Crippen molar-refractivity contribution in [1.29, 1.82) is 0 Å². The number of hydrogen-bond acceptors (Lipinski definition) is 32. The van der Waals surface area contributed by atoms with Gasteiger partial charge >= 0.3 is 18.1 Å². The van der Waals surface area contributed by atoms with Crippen molar-refractivity contribution in [3.63, 3.8) is 0 Å². The second-order valence-corrected chi connectivity index (χ2v) is 32.0. The highest BCUT2D eigenvalue weighted by Gasteiger charge is 2.57. The van der Waals surface area contributed by atoms with E-state index in [2.05, 4.69) is 24.5 Å². The zero-order chi connectivity index (χ0) is 88.2. The fourth-order valence-electron chi connectivity index (χ4n) is 15.3. The topological polar surface area (TPSA) is 575 Å². The molecule has 29 atom stereocenters. The van der Waals surface area contributed by atoms with Crippen LogP contribution in [0.3, 0.4) is 0 Å². The third-order valence-corrected chi connectivity index (χ3v) is 22.6. The maximum Gasteiger partial charge on any atom is 0.416 e. The second-order valence-electron chi connectivity index (χ2n) is 32.0. The van der Waals surface area contributed by atoms with Gasteiger partial charge in [0.05, 0.1) is 56.7 Å². The zero-order valence-corrected chi connectivity index (χ0v) is 68.6. The lowest BCUT2D eigenvalue weighted by Crippen LogP contribution is -2.68. The Kier molecular flexibility index (Phi) is 47.3. The number of Topliss-reactive ketones (excluding diaryl/α,β-unsaturated/α-hetero) is 1. The molecule has 694 valence electrons. The largest absolute Gasteiger partial charge is 0.479 e. The van der Waals surface area contributed by atoms with E-state index in [1.54, 1.807) is 0 Å². The third kappa shape index (κ3) is 32.7. The molecule has 6 rings (SSSR count). The average molecular weight is 1740 g/mol. The number of nitrogens with one attached hydrogen (secondary N) is 2. The van der Waals surface area contributed by atoms with Crippen LogP contribution >= 0.6 is 0 Å². The molecule has 0 aromatic heterocycles. The Hall–Kier alpha value is -4.52. The van der Waals surface area contributed by atoms with Crippen molar-refractivity contribution >= 4 is 29.5 Å². The van der Waals surface area contributed by atoms with Crippen molar-refractivity contribution in [1.82, 2.24) is 10.6 Å². The summed E-state index contributed by atoms with van der Waals surface area (Å²) in [6.07, 6.45) is -32.6. The summed E-state index contributed by atoms with van der Waals surface area (Å²) in [6.45, 7) is 1.22. The summed E-state index contributed by atoms with van der Waals surface area (Å²) in [5.74, 6) is -5.63. The van der Waals surface area contributed by atoms with Crippen molar-refractivity contribution in [2.45, 2.75) is 397 Å². The van der Waals surface area contributed by atoms with Crippen LogP contribution in [0.5, 0.6) is 0 Å². The smallest absolute Gasteiger partial charge is 0.416 e. The Balaban J connectivity index is 0.875. The number of carboxylic acid groups (broad SMARTS) is 2. The number of rotatable bonds is 58. The van der Waals surface area contributed by atoms with Crippen LogP contribution in [0, 0.1) is 0 Å². The Bertz CT molecular complexity index is 3050. The monoisotopic (exact) mass is 1740 g/mol. The summed E-state index contributed by atoms with van der Waals surface area (Å²) in [5, 5.41) is 199. The lowest BCUT2D eigenvalue weighted by Gasteiger charge is -2.48. The van der Waals surface area contributed by atoms with E-state index in [1.807, 2.05) is 0 Å². The van der Waals surface area contributed by atoms with Gasteiger partial charge in [-0.15, -0.1) is 0 Å². The summed E-state index contributed by atoms with van der Waals surface area (Å²) in [4.78, 5) is 63.8. The minimum absolute atomic E-state index is 0.00739. The molecular weight excluding hydrogens is 1600 g/mol. The first-order valence-corrected chi connectivity index (χ1v) is 42.8. The highest BCUT2D eigenvalue weighted by atomic mass is 19.4. The van der Waals surface area contributed by atoms with Crippen LogP contribution < -0.4 is 10.6 Å². The number of carboxylic acids is 2. The van der Waals surface area contributed by atoms with E-state index in [9.17, 15) is 129 Å². The summed E-state index contributed by atoms with van der Waals surface area (Å²) < 4.78 is 103. The Morgan fingerprint density at radius 2 is 0.867 bits per heavy atom. The van der Waals surface area contributed by atoms with Crippen molar-refractivity contribution in [2.24, 2.45) is 0 Å². The molecule has 0 saturated carbocycles. The number of ether oxygens (including phenoxy) is 11. The normalized spacial score (nSPS) is 32.2. The first-order valence-electron chi connectivity index (χ1n) is 42.8. The minimum Gasteiger partial charge on any atom is -0.479 e. The molecule has 2 amide bonds. The quantitative estimate of drug-likeness (QED) is 0.0406. The van der Waals surface area contributed by atoms with Gasteiger partial charge in [-0.3, -0.25) is 14.4 Å². The van der Waals surface area contributed by atoms with Crippen molar-refractivity contribution in [3.8, 4) is 0 Å². The Morgan fingerprint density at radius 3 is 1.41 bits per heavy atom. The van der Waals surface area contributed by atoms with Crippen LogP contribution in [0.4, 0.5) is 13.2 Å². The number of unbranched alkanes of at least 4 members (excludes halogenated alkanes) is 22. The van der Waals surface area contributed by atoms with Gasteiger partial charge in [-0.2, -0.15) is 13.2 Å². The molecule has 20 N–H and O–H groups in total. The van der Waals surface area contributed by atoms with Crippen molar-refractivity contribution < 1.29 is 181 Å². The molecule has 0 bridgehead atoms. The Labute approximate surface area is 697 Å². The number of carbonyl (C=O) groups is 5. The van der Waals surface area contributed by atoms with E-state index in [4.69, 9.17) is 52.1 Å². The molecule has 5 aliphatic rings. The number of aliphatic hydroxyl groups is 16. The summed E-state index contributed by atoms with van der Waals surface area (Å²) in [5.41, 5.74) is -0.555. The number of ketones is 1. The van der Waals surface area contributed by atoms with Gasteiger partial charge in [-0.1, -0.05) is 167 Å². The number of alkyl halides is 3. The highest BCUT2D eigenvalue weighted by Crippen LogP contribution is 2.37. The lowest BCUT2D eigenvalue weighted by atomic mass is 9.90. The lowest BCUT2D eigenvalue weighted by molar-refractivity contribution is -0.385. The summed E-state index contributed by atoms with van der Waals surface area (Å²) >= 11 is 0. The molecule has 5 fully saturated rings. The molecule has 0 aliphatic carbocycles. The fourth-order valence-corrected chi connectivity index (χ4v) is 15.3. The Morgan fingerprint density at radius 1 is 0.442 bits per heavy atom. The van der Waals surface area contributed by atoms with Gasteiger partial charge in [0, 0.05) is 32.4 Å². The number of benzene rings is 1. The SMILES string of the molecule is CCCCCCCCCCCCCC[C@@H](O)[C@@H](O)[C@H](COC1OC(COCCCCCCCC(=O)CCCCC(=O)NCCOC2OC(CO)C(OC3OC(C(=O)O)C(O)C(OC4OC(CO)C(OC5OC(C(=O)O)C(O)C(O)C5O)C(O)C4O)C3O)C(O)C2O)C(O)C(O)C1O)NC(=O)C(CCCCCCCCC)c1ccc(C(F)(F)F)cc1. The second kappa shape index (κ2) is 54.5. The zero-order valence-electron chi connectivity index (χ0n) is 68.6. The maximum atomic E-state index is 14.4. The minimum atomic E-state index is -4.61. The summed E-state index contributed by atoms with van der Waals surface area (Å²) in [7, 11) is 0. The molecule has 0 spiro atoms. The van der Waals surface area contributed by atoms with Gasteiger partial charge in [0.1, 0.15) is 122 Å². The van der Waals surface area contributed by atoms with Crippen molar-refractivity contribution in [2.75, 3.05) is 46.2 Å². The first kappa shape index (κ1) is 104. The van der Waals surface area contributed by atoms with Gasteiger partial charge < -0.3 is 155 Å². The van der Waals surface area contributed by atoms with Crippen LogP contribution in [0.25, 0.3) is 0 Å². The number of hydrogen-bond donors (Lipinski definition) is 20. The molecule has 1 aromatic carbocycles. The van der Waals surface area contributed by atoms with Crippen LogP contribution in [0.2, 0.25) is 0 Å². The summed E-state index contributed by atoms with van der Waals surface area (Å²) in [6, 6.07) is 3.03. The van der Waals surface area contributed by atoms with Crippen LogP contribution in [-0.4, -0.2) is 339 Å². The van der Waals surface area contributed by atoms with E-state index in [-0.39, 0.29) is 57.8 Å². The maximum absolute atomic E-state index is 14.4. The van der Waals surface area contributed by atoms with Crippen LogP contribution in [0.15, 0.2) is 24.3 Å². The van der Waals surface area contributed by atoms with Crippen molar-refractivity contribution in [3.05, 3.63) is 35.4 Å². The molecule has 1 aromatic rings. The van der Waals surface area contributed by atoms with Gasteiger partial charge in [0.2, 0.25) is 11.8 Å².